The van der Waals surface area contributed by atoms with E-state index >= 15 is 0 Å². The Morgan fingerprint density at radius 1 is 1.00 bits per heavy atom. The Labute approximate surface area is 190 Å². The van der Waals surface area contributed by atoms with Gasteiger partial charge in [0.15, 0.2) is 0 Å². The van der Waals surface area contributed by atoms with Gasteiger partial charge in [-0.3, -0.25) is 9.59 Å². The van der Waals surface area contributed by atoms with Crippen LogP contribution < -0.4 is 9.64 Å². The summed E-state index contributed by atoms with van der Waals surface area (Å²) in [5.74, 6) is 0.0756. The largest absolute Gasteiger partial charge is 0.488 e. The molecule has 0 N–H and O–H groups in total. The first kappa shape index (κ1) is 20.6. The van der Waals surface area contributed by atoms with Crippen LogP contribution in [0.2, 0.25) is 0 Å². The van der Waals surface area contributed by atoms with E-state index in [0.29, 0.717) is 22.9 Å². The van der Waals surface area contributed by atoms with Gasteiger partial charge in [-0.05, 0) is 88.0 Å². The molecule has 4 rings (SSSR count). The minimum atomic E-state index is -0.331. The van der Waals surface area contributed by atoms with E-state index in [0.717, 1.165) is 26.5 Å². The Hall–Kier alpha value is -2.65. The number of carbonyl (C=O) groups excluding carboxylic acids is 2. The van der Waals surface area contributed by atoms with Crippen molar-refractivity contribution in [2.24, 2.45) is 0 Å². The summed E-state index contributed by atoms with van der Waals surface area (Å²) in [5, 5.41) is -0.314. The van der Waals surface area contributed by atoms with Crippen LogP contribution in [-0.2, 0) is 11.4 Å². The van der Waals surface area contributed by atoms with E-state index in [9.17, 15) is 14.0 Å². The Morgan fingerprint density at radius 3 is 2.43 bits per heavy atom. The van der Waals surface area contributed by atoms with Crippen LogP contribution in [0.5, 0.6) is 5.75 Å². The third-order valence-electron chi connectivity index (χ3n) is 4.37. The van der Waals surface area contributed by atoms with Crippen LogP contribution in [0, 0.1) is 9.39 Å². The first-order valence-electron chi connectivity index (χ1n) is 9.01. The van der Waals surface area contributed by atoms with Gasteiger partial charge in [0.1, 0.15) is 18.2 Å². The standard InChI is InChI=1S/C23H15FINO3S/c24-17-9-6-15(7-10-17)14-29-20-11-8-16(12-19(20)25)13-21-22(27)26(23(28)30-21)18-4-2-1-3-5-18/h1-13H,14H2/b21-13-. The number of rotatable bonds is 5. The molecule has 1 saturated heterocycles. The van der Waals surface area contributed by atoms with Gasteiger partial charge in [0.05, 0.1) is 14.2 Å². The van der Waals surface area contributed by atoms with Crippen molar-refractivity contribution in [3.8, 4) is 5.75 Å². The number of ether oxygens (including phenoxy) is 1. The summed E-state index contributed by atoms with van der Waals surface area (Å²) in [6.45, 7) is 0.325. The predicted octanol–water partition coefficient (Wildman–Crippen LogP) is 6.25. The maximum absolute atomic E-state index is 13.0. The molecule has 1 aliphatic heterocycles. The number of amides is 2. The van der Waals surface area contributed by atoms with E-state index < -0.39 is 0 Å². The molecule has 3 aromatic carbocycles. The molecule has 0 aliphatic carbocycles. The van der Waals surface area contributed by atoms with Gasteiger partial charge < -0.3 is 4.74 Å². The van der Waals surface area contributed by atoms with E-state index in [1.165, 1.54) is 17.0 Å². The monoisotopic (exact) mass is 531 g/mol. The number of nitrogens with zero attached hydrogens (tertiary/aromatic N) is 1. The second kappa shape index (κ2) is 9.01. The molecule has 2 amide bonds. The van der Waals surface area contributed by atoms with E-state index in [2.05, 4.69) is 22.6 Å². The molecule has 1 fully saturated rings. The van der Waals surface area contributed by atoms with Crippen molar-refractivity contribution in [2.45, 2.75) is 6.61 Å². The molecular formula is C23H15FINO3S. The molecule has 3 aromatic rings. The summed E-state index contributed by atoms with van der Waals surface area (Å²) in [5.41, 5.74) is 2.22. The van der Waals surface area contributed by atoms with Crippen molar-refractivity contribution in [1.82, 2.24) is 0 Å². The van der Waals surface area contributed by atoms with Crippen LogP contribution in [0.3, 0.4) is 0 Å². The van der Waals surface area contributed by atoms with Crippen molar-refractivity contribution in [1.29, 1.82) is 0 Å². The number of hydrogen-bond donors (Lipinski definition) is 0. The van der Waals surface area contributed by atoms with Crippen molar-refractivity contribution in [3.05, 3.63) is 98.2 Å². The summed E-state index contributed by atoms with van der Waals surface area (Å²) >= 11 is 3.08. The van der Waals surface area contributed by atoms with E-state index in [1.807, 2.05) is 24.3 Å². The summed E-state index contributed by atoms with van der Waals surface area (Å²) in [6, 6.07) is 20.6. The van der Waals surface area contributed by atoms with E-state index in [-0.39, 0.29) is 17.0 Å². The lowest BCUT2D eigenvalue weighted by atomic mass is 10.2. The summed E-state index contributed by atoms with van der Waals surface area (Å²) in [7, 11) is 0. The number of anilines is 1. The number of carbonyl (C=O) groups is 2. The van der Waals surface area contributed by atoms with Crippen molar-refractivity contribution in [2.75, 3.05) is 4.90 Å². The summed E-state index contributed by atoms with van der Waals surface area (Å²) in [4.78, 5) is 26.6. The topological polar surface area (TPSA) is 46.6 Å². The molecule has 0 unspecified atom stereocenters. The van der Waals surface area contributed by atoms with E-state index in [4.69, 9.17) is 4.74 Å². The molecule has 150 valence electrons. The molecule has 30 heavy (non-hydrogen) atoms. The first-order chi connectivity index (χ1) is 14.5. The zero-order valence-electron chi connectivity index (χ0n) is 15.5. The second-order valence-electron chi connectivity index (χ2n) is 6.46. The highest BCUT2D eigenvalue weighted by Crippen LogP contribution is 2.36. The van der Waals surface area contributed by atoms with Gasteiger partial charge in [-0.25, -0.2) is 9.29 Å². The second-order valence-corrected chi connectivity index (χ2v) is 8.61. The lowest BCUT2D eigenvalue weighted by Gasteiger charge is -2.11. The average molecular weight is 531 g/mol. The molecule has 0 saturated carbocycles. The molecule has 1 heterocycles. The van der Waals surface area contributed by atoms with Gasteiger partial charge in [0.2, 0.25) is 0 Å². The van der Waals surface area contributed by atoms with Gasteiger partial charge in [-0.2, -0.15) is 0 Å². The van der Waals surface area contributed by atoms with Crippen LogP contribution in [-0.4, -0.2) is 11.1 Å². The fourth-order valence-electron chi connectivity index (χ4n) is 2.88. The molecule has 7 heteroatoms. The lowest BCUT2D eigenvalue weighted by Crippen LogP contribution is -2.27. The van der Waals surface area contributed by atoms with Gasteiger partial charge in [0, 0.05) is 0 Å². The molecule has 0 spiro atoms. The average Bonchev–Trinajstić information content (AvgIpc) is 3.02. The van der Waals surface area contributed by atoms with Crippen LogP contribution >= 0.6 is 34.4 Å². The van der Waals surface area contributed by atoms with Gasteiger partial charge in [-0.1, -0.05) is 36.4 Å². The van der Waals surface area contributed by atoms with Gasteiger partial charge in [-0.15, -0.1) is 0 Å². The molecular weight excluding hydrogens is 516 g/mol. The number of hydrogen-bond acceptors (Lipinski definition) is 4. The van der Waals surface area contributed by atoms with Crippen LogP contribution in [0.25, 0.3) is 6.08 Å². The summed E-state index contributed by atoms with van der Waals surface area (Å²) < 4.78 is 19.7. The number of para-hydroxylation sites is 1. The quantitative estimate of drug-likeness (QED) is 0.289. The highest BCUT2D eigenvalue weighted by Gasteiger charge is 2.36. The zero-order valence-corrected chi connectivity index (χ0v) is 18.5. The minimum absolute atomic E-state index is 0.283. The van der Waals surface area contributed by atoms with Crippen molar-refractivity contribution >= 4 is 57.3 Å². The first-order valence-corrected chi connectivity index (χ1v) is 10.9. The van der Waals surface area contributed by atoms with Gasteiger partial charge in [0.25, 0.3) is 11.1 Å². The Balaban J connectivity index is 1.49. The number of thioether (sulfide) groups is 1. The highest BCUT2D eigenvalue weighted by atomic mass is 127. The molecule has 1 aliphatic rings. The van der Waals surface area contributed by atoms with Crippen molar-refractivity contribution < 1.29 is 18.7 Å². The third kappa shape index (κ3) is 4.57. The molecule has 4 nitrogen and oxygen atoms in total. The molecule has 0 bridgehead atoms. The molecule has 0 radical (unpaired) electrons. The fraction of sp³-hybridized carbons (Fsp3) is 0.0435. The maximum atomic E-state index is 13.0. The smallest absolute Gasteiger partial charge is 0.298 e. The van der Waals surface area contributed by atoms with Crippen molar-refractivity contribution in [3.63, 3.8) is 0 Å². The lowest BCUT2D eigenvalue weighted by molar-refractivity contribution is -0.113. The normalized spacial score (nSPS) is 15.1. The highest BCUT2D eigenvalue weighted by molar-refractivity contribution is 14.1. The SMILES string of the molecule is O=C1S/C(=C\c2ccc(OCc3ccc(F)cc3)c(I)c2)C(=O)N1c1ccccc1. The summed E-state index contributed by atoms with van der Waals surface area (Å²) in [6.07, 6.45) is 1.71. The number of imide groups is 1. The number of halogens is 2. The predicted molar refractivity (Wildman–Crippen MR) is 125 cm³/mol. The molecule has 0 aromatic heterocycles. The Kier molecular flexibility index (Phi) is 6.19. The van der Waals surface area contributed by atoms with Crippen LogP contribution in [0.15, 0.2) is 77.7 Å². The Bertz CT molecular complexity index is 1130. The van der Waals surface area contributed by atoms with Gasteiger partial charge >= 0.3 is 0 Å². The maximum Gasteiger partial charge on any atom is 0.298 e. The minimum Gasteiger partial charge on any atom is -0.488 e. The molecule has 0 atom stereocenters. The van der Waals surface area contributed by atoms with Crippen LogP contribution in [0.1, 0.15) is 11.1 Å². The Morgan fingerprint density at radius 2 is 1.73 bits per heavy atom. The van der Waals surface area contributed by atoms with Crippen LogP contribution in [0.4, 0.5) is 14.9 Å². The van der Waals surface area contributed by atoms with E-state index in [1.54, 1.807) is 42.5 Å². The third-order valence-corrected chi connectivity index (χ3v) is 6.08. The number of benzene rings is 3. The fourth-order valence-corrected chi connectivity index (χ4v) is 4.42. The zero-order chi connectivity index (χ0) is 21.1.